The lowest BCUT2D eigenvalue weighted by molar-refractivity contribution is -0.131. The molecular weight excluding hydrogens is 266 g/mol. The van der Waals surface area contributed by atoms with E-state index in [0.717, 1.165) is 11.3 Å². The summed E-state index contributed by atoms with van der Waals surface area (Å²) >= 11 is 0. The van der Waals surface area contributed by atoms with Crippen molar-refractivity contribution in [2.75, 3.05) is 19.7 Å². The molecule has 2 fully saturated rings. The summed E-state index contributed by atoms with van der Waals surface area (Å²) in [7, 11) is 0. The maximum atomic E-state index is 12.1. The first kappa shape index (κ1) is 14.4. The molecule has 0 spiro atoms. The Labute approximate surface area is 125 Å². The highest BCUT2D eigenvalue weighted by Gasteiger charge is 2.40. The smallest absolute Gasteiger partial charge is 0.222 e. The first-order chi connectivity index (χ1) is 10.1. The molecule has 1 aromatic carbocycles. The third-order valence-electron chi connectivity index (χ3n) is 4.44. The summed E-state index contributed by atoms with van der Waals surface area (Å²) < 4.78 is 5.76. The molecule has 1 aromatic rings. The Balaban J connectivity index is 1.53. The second-order valence-corrected chi connectivity index (χ2v) is 6.49. The summed E-state index contributed by atoms with van der Waals surface area (Å²) in [6.45, 7) is 3.26. The van der Waals surface area contributed by atoms with Crippen molar-refractivity contribution < 1.29 is 14.6 Å². The molecule has 0 radical (unpaired) electrons. The molecule has 1 heterocycles. The summed E-state index contributed by atoms with van der Waals surface area (Å²) in [6, 6.07) is 7.78. The lowest BCUT2D eigenvalue weighted by Crippen LogP contribution is -2.40. The van der Waals surface area contributed by atoms with Crippen LogP contribution in [-0.2, 0) is 4.79 Å². The van der Waals surface area contributed by atoms with Gasteiger partial charge >= 0.3 is 0 Å². The van der Waals surface area contributed by atoms with Crippen LogP contribution in [0.3, 0.4) is 0 Å². The highest BCUT2D eigenvalue weighted by Crippen LogP contribution is 2.34. The van der Waals surface area contributed by atoms with Crippen molar-refractivity contribution in [1.82, 2.24) is 4.90 Å². The van der Waals surface area contributed by atoms with Crippen molar-refractivity contribution >= 4 is 5.91 Å². The zero-order valence-electron chi connectivity index (χ0n) is 12.5. The zero-order valence-corrected chi connectivity index (χ0v) is 12.5. The maximum absolute atomic E-state index is 12.1. The van der Waals surface area contributed by atoms with Gasteiger partial charge in [-0.25, -0.2) is 0 Å². The van der Waals surface area contributed by atoms with Gasteiger partial charge in [-0.1, -0.05) is 18.2 Å². The van der Waals surface area contributed by atoms with Crippen LogP contribution in [0.1, 0.15) is 31.2 Å². The molecule has 1 aliphatic carbocycles. The first-order valence-corrected chi connectivity index (χ1v) is 7.74. The quantitative estimate of drug-likeness (QED) is 0.903. The monoisotopic (exact) mass is 289 g/mol. The summed E-state index contributed by atoms with van der Waals surface area (Å²) in [5, 5.41) is 10.6. The molecular formula is C17H23NO3. The van der Waals surface area contributed by atoms with Gasteiger partial charge < -0.3 is 14.7 Å². The fourth-order valence-corrected chi connectivity index (χ4v) is 2.82. The van der Waals surface area contributed by atoms with Crippen molar-refractivity contribution in [3.05, 3.63) is 29.8 Å². The summed E-state index contributed by atoms with van der Waals surface area (Å²) in [5.41, 5.74) is 0.141. The second kappa shape index (κ2) is 5.68. The standard InChI is InChI=1S/C17H23NO3/c1-13-4-2-3-5-15(13)21-12-17(20)8-9-18(11-17)16(19)10-14-6-7-14/h2-5,14,20H,6-12H2,1H3/t17-/m0/s1. The fraction of sp³-hybridized carbons (Fsp3) is 0.588. The first-order valence-electron chi connectivity index (χ1n) is 7.74. The molecule has 4 heteroatoms. The Hall–Kier alpha value is -1.55. The van der Waals surface area contributed by atoms with Crippen LogP contribution in [0.5, 0.6) is 5.75 Å². The number of hydrogen-bond donors (Lipinski definition) is 1. The topological polar surface area (TPSA) is 49.8 Å². The fourth-order valence-electron chi connectivity index (χ4n) is 2.82. The largest absolute Gasteiger partial charge is 0.490 e. The number of hydrogen-bond acceptors (Lipinski definition) is 3. The summed E-state index contributed by atoms with van der Waals surface area (Å²) in [4.78, 5) is 13.9. The predicted molar refractivity (Wildman–Crippen MR) is 80.2 cm³/mol. The third-order valence-corrected chi connectivity index (χ3v) is 4.44. The summed E-state index contributed by atoms with van der Waals surface area (Å²) in [6.07, 6.45) is 3.60. The normalized spacial score (nSPS) is 25.1. The van der Waals surface area contributed by atoms with E-state index in [0.29, 0.717) is 31.8 Å². The summed E-state index contributed by atoms with van der Waals surface area (Å²) in [5.74, 6) is 1.58. The highest BCUT2D eigenvalue weighted by molar-refractivity contribution is 5.77. The molecule has 2 aliphatic rings. The van der Waals surface area contributed by atoms with E-state index in [1.54, 1.807) is 4.90 Å². The number of para-hydroxylation sites is 1. The Bertz CT molecular complexity index is 527. The molecule has 4 nitrogen and oxygen atoms in total. The minimum atomic E-state index is -0.915. The average Bonchev–Trinajstić information content (AvgIpc) is 3.18. The van der Waals surface area contributed by atoms with Gasteiger partial charge in [-0.15, -0.1) is 0 Å². The molecule has 1 saturated heterocycles. The van der Waals surface area contributed by atoms with E-state index in [9.17, 15) is 9.90 Å². The Morgan fingerprint density at radius 3 is 2.90 bits per heavy atom. The van der Waals surface area contributed by atoms with Crippen LogP contribution < -0.4 is 4.74 Å². The van der Waals surface area contributed by atoms with Gasteiger partial charge in [0, 0.05) is 13.0 Å². The van der Waals surface area contributed by atoms with E-state index >= 15 is 0 Å². The molecule has 0 aromatic heterocycles. The van der Waals surface area contributed by atoms with Crippen LogP contribution in [0.15, 0.2) is 24.3 Å². The van der Waals surface area contributed by atoms with Gasteiger partial charge in [0.05, 0.1) is 6.54 Å². The number of β-amino-alcohol motifs (C(OH)–C–C–N with tert-alkyl or cyclic N) is 1. The van der Waals surface area contributed by atoms with Crippen molar-refractivity contribution in [3.63, 3.8) is 0 Å². The number of amides is 1. The van der Waals surface area contributed by atoms with Crippen LogP contribution >= 0.6 is 0 Å². The number of aliphatic hydroxyl groups is 1. The van der Waals surface area contributed by atoms with Gasteiger partial charge in [0.25, 0.3) is 0 Å². The number of likely N-dealkylation sites (tertiary alicyclic amines) is 1. The van der Waals surface area contributed by atoms with E-state index in [1.165, 1.54) is 12.8 Å². The average molecular weight is 289 g/mol. The van der Waals surface area contributed by atoms with Crippen LogP contribution in [0.4, 0.5) is 0 Å². The van der Waals surface area contributed by atoms with Gasteiger partial charge in [0.15, 0.2) is 0 Å². The molecule has 0 unspecified atom stereocenters. The van der Waals surface area contributed by atoms with E-state index in [1.807, 2.05) is 31.2 Å². The van der Waals surface area contributed by atoms with Crippen molar-refractivity contribution in [2.45, 2.75) is 38.2 Å². The number of aryl methyl sites for hydroxylation is 1. The molecule has 1 amide bonds. The van der Waals surface area contributed by atoms with Gasteiger partial charge in [-0.05, 0) is 43.7 Å². The van der Waals surface area contributed by atoms with Gasteiger partial charge in [-0.2, -0.15) is 0 Å². The Kier molecular flexibility index (Phi) is 3.89. The minimum absolute atomic E-state index is 0.185. The van der Waals surface area contributed by atoms with Crippen LogP contribution in [0.2, 0.25) is 0 Å². The molecule has 21 heavy (non-hydrogen) atoms. The van der Waals surface area contributed by atoms with Crippen LogP contribution in [-0.4, -0.2) is 41.2 Å². The highest BCUT2D eigenvalue weighted by atomic mass is 16.5. The predicted octanol–water partition coefficient (Wildman–Crippen LogP) is 2.14. The lowest BCUT2D eigenvalue weighted by atomic mass is 10.1. The molecule has 0 bridgehead atoms. The van der Waals surface area contributed by atoms with Crippen molar-refractivity contribution in [1.29, 1.82) is 0 Å². The Morgan fingerprint density at radius 2 is 2.19 bits per heavy atom. The number of benzene rings is 1. The SMILES string of the molecule is Cc1ccccc1OC[C@]1(O)CCN(C(=O)CC2CC2)C1. The van der Waals surface area contributed by atoms with E-state index < -0.39 is 5.60 Å². The number of carbonyl (C=O) groups excluding carboxylic acids is 1. The van der Waals surface area contributed by atoms with Crippen LogP contribution in [0.25, 0.3) is 0 Å². The van der Waals surface area contributed by atoms with E-state index in [2.05, 4.69) is 0 Å². The van der Waals surface area contributed by atoms with Gasteiger partial charge in [-0.3, -0.25) is 4.79 Å². The van der Waals surface area contributed by atoms with Crippen molar-refractivity contribution in [2.24, 2.45) is 5.92 Å². The maximum Gasteiger partial charge on any atom is 0.222 e. The molecule has 114 valence electrons. The molecule has 1 aliphatic heterocycles. The van der Waals surface area contributed by atoms with Gasteiger partial charge in [0.1, 0.15) is 18.0 Å². The number of carbonyl (C=O) groups is 1. The lowest BCUT2D eigenvalue weighted by Gasteiger charge is -2.24. The van der Waals surface area contributed by atoms with Gasteiger partial charge in [0.2, 0.25) is 5.91 Å². The van der Waals surface area contributed by atoms with E-state index in [4.69, 9.17) is 4.74 Å². The zero-order chi connectivity index (χ0) is 14.9. The van der Waals surface area contributed by atoms with Crippen LogP contribution in [0, 0.1) is 12.8 Å². The van der Waals surface area contributed by atoms with E-state index in [-0.39, 0.29) is 12.5 Å². The number of rotatable bonds is 5. The Morgan fingerprint density at radius 1 is 1.43 bits per heavy atom. The molecule has 1 N–H and O–H groups in total. The third kappa shape index (κ3) is 3.56. The molecule has 1 saturated carbocycles. The minimum Gasteiger partial charge on any atom is -0.490 e. The molecule has 3 rings (SSSR count). The molecule has 1 atom stereocenters. The van der Waals surface area contributed by atoms with Crippen molar-refractivity contribution in [3.8, 4) is 5.75 Å². The number of nitrogens with zero attached hydrogens (tertiary/aromatic N) is 1. The number of ether oxygens (including phenoxy) is 1. The second-order valence-electron chi connectivity index (χ2n) is 6.49.